The third-order valence-corrected chi connectivity index (χ3v) is 5.05. The summed E-state index contributed by atoms with van der Waals surface area (Å²) in [5, 5.41) is 7.31. The number of nitrogens with one attached hydrogen (secondary N) is 1. The number of para-hydroxylation sites is 1. The maximum Gasteiger partial charge on any atom is 0.311 e. The molecule has 1 atom stereocenters. The number of rotatable bonds is 7. The van der Waals surface area contributed by atoms with E-state index in [0.29, 0.717) is 11.4 Å². The van der Waals surface area contributed by atoms with Gasteiger partial charge in [-0.15, -0.1) is 0 Å². The van der Waals surface area contributed by atoms with E-state index in [0.717, 1.165) is 28.2 Å². The molecule has 1 heterocycles. The molecule has 2 aromatic carbocycles. The third kappa shape index (κ3) is 5.12. The van der Waals surface area contributed by atoms with Gasteiger partial charge in [-0.05, 0) is 57.5 Å². The Bertz CT molecular complexity index is 1090. The molecule has 0 aliphatic rings. The summed E-state index contributed by atoms with van der Waals surface area (Å²) in [6.45, 7) is 7.23. The van der Waals surface area contributed by atoms with Gasteiger partial charge in [0.2, 0.25) is 0 Å². The van der Waals surface area contributed by atoms with Crippen molar-refractivity contribution >= 4 is 17.6 Å². The highest BCUT2D eigenvalue weighted by atomic mass is 16.5. The van der Waals surface area contributed by atoms with E-state index in [1.807, 2.05) is 57.2 Å². The van der Waals surface area contributed by atoms with Gasteiger partial charge in [-0.25, -0.2) is 4.68 Å². The highest BCUT2D eigenvalue weighted by Gasteiger charge is 2.22. The predicted octanol–water partition coefficient (Wildman–Crippen LogP) is 3.92. The van der Waals surface area contributed by atoms with Crippen molar-refractivity contribution in [1.82, 2.24) is 9.78 Å². The van der Waals surface area contributed by atoms with Crippen LogP contribution in [0, 0.1) is 20.8 Å². The lowest BCUT2D eigenvalue weighted by atomic mass is 10.1. The Morgan fingerprint density at radius 1 is 1.10 bits per heavy atom. The lowest BCUT2D eigenvalue weighted by Crippen LogP contribution is -2.30. The molecule has 3 rings (SSSR count). The van der Waals surface area contributed by atoms with Gasteiger partial charge in [0, 0.05) is 11.3 Å². The van der Waals surface area contributed by atoms with Gasteiger partial charge in [0.15, 0.2) is 6.10 Å². The average Bonchev–Trinajstić information content (AvgIpc) is 3.02. The Morgan fingerprint density at radius 2 is 1.81 bits per heavy atom. The second-order valence-electron chi connectivity index (χ2n) is 7.40. The highest BCUT2D eigenvalue weighted by molar-refractivity contribution is 5.96. The number of carbonyl (C=O) groups excluding carboxylic acids is 2. The largest absolute Gasteiger partial charge is 0.495 e. The van der Waals surface area contributed by atoms with Gasteiger partial charge in [-0.1, -0.05) is 24.3 Å². The predicted molar refractivity (Wildman–Crippen MR) is 119 cm³/mol. The molecule has 7 heteroatoms. The molecule has 0 fully saturated rings. The zero-order chi connectivity index (χ0) is 22.5. The summed E-state index contributed by atoms with van der Waals surface area (Å²) in [6.07, 6.45) is -0.918. The average molecular weight is 421 g/mol. The van der Waals surface area contributed by atoms with Gasteiger partial charge in [-0.3, -0.25) is 9.59 Å². The molecular weight excluding hydrogens is 394 g/mol. The van der Waals surface area contributed by atoms with Crippen LogP contribution in [0.25, 0.3) is 5.69 Å². The molecule has 1 aromatic heterocycles. The van der Waals surface area contributed by atoms with E-state index in [9.17, 15) is 9.59 Å². The second-order valence-corrected chi connectivity index (χ2v) is 7.40. The first-order chi connectivity index (χ1) is 14.8. The fraction of sp³-hybridized carbons (Fsp3) is 0.292. The molecule has 3 aromatic rings. The third-order valence-electron chi connectivity index (χ3n) is 5.05. The van der Waals surface area contributed by atoms with Crippen molar-refractivity contribution in [2.24, 2.45) is 0 Å². The number of benzene rings is 2. The zero-order valence-electron chi connectivity index (χ0n) is 18.4. The molecule has 1 unspecified atom stereocenters. The van der Waals surface area contributed by atoms with E-state index in [2.05, 4.69) is 10.4 Å². The van der Waals surface area contributed by atoms with Gasteiger partial charge in [-0.2, -0.15) is 5.10 Å². The lowest BCUT2D eigenvalue weighted by molar-refractivity contribution is -0.152. The van der Waals surface area contributed by atoms with E-state index in [1.54, 1.807) is 23.7 Å². The number of anilines is 1. The SMILES string of the molecule is COc1ccc(C)cc1NC(=O)C(C)OC(=O)Cc1c(C)nn(-c2ccccc2)c1C. The van der Waals surface area contributed by atoms with Gasteiger partial charge >= 0.3 is 5.97 Å². The number of carbonyl (C=O) groups is 2. The molecule has 0 radical (unpaired) electrons. The van der Waals surface area contributed by atoms with Crippen molar-refractivity contribution in [3.8, 4) is 11.4 Å². The smallest absolute Gasteiger partial charge is 0.311 e. The van der Waals surface area contributed by atoms with Crippen molar-refractivity contribution in [2.45, 2.75) is 40.2 Å². The number of hydrogen-bond acceptors (Lipinski definition) is 5. The summed E-state index contributed by atoms with van der Waals surface area (Å²) < 4.78 is 12.5. The van der Waals surface area contributed by atoms with Crippen LogP contribution < -0.4 is 10.1 Å². The van der Waals surface area contributed by atoms with Gasteiger partial charge in [0.05, 0.1) is 30.6 Å². The molecule has 0 saturated heterocycles. The Morgan fingerprint density at radius 3 is 2.48 bits per heavy atom. The fourth-order valence-corrected chi connectivity index (χ4v) is 3.34. The summed E-state index contributed by atoms with van der Waals surface area (Å²) in [4.78, 5) is 25.1. The van der Waals surface area contributed by atoms with Crippen LogP contribution in [0.2, 0.25) is 0 Å². The van der Waals surface area contributed by atoms with Crippen LogP contribution >= 0.6 is 0 Å². The van der Waals surface area contributed by atoms with Crippen molar-refractivity contribution in [1.29, 1.82) is 0 Å². The Balaban J connectivity index is 1.66. The summed E-state index contributed by atoms with van der Waals surface area (Å²) in [6, 6.07) is 15.2. The van der Waals surface area contributed by atoms with Crippen molar-refractivity contribution in [3.63, 3.8) is 0 Å². The van der Waals surface area contributed by atoms with Crippen LogP contribution in [0.4, 0.5) is 5.69 Å². The number of aryl methyl sites for hydroxylation is 2. The number of esters is 1. The maximum atomic E-state index is 12.5. The standard InChI is InChI=1S/C24H27N3O4/c1-15-11-12-22(30-5)21(13-15)25-24(29)18(4)31-23(28)14-20-16(2)26-27(17(20)3)19-9-7-6-8-10-19/h6-13,18H,14H2,1-5H3,(H,25,29). The quantitative estimate of drug-likeness (QED) is 0.585. The van der Waals surface area contributed by atoms with E-state index in [4.69, 9.17) is 9.47 Å². The molecule has 7 nitrogen and oxygen atoms in total. The molecule has 162 valence electrons. The molecule has 31 heavy (non-hydrogen) atoms. The van der Waals surface area contributed by atoms with Crippen LogP contribution in [-0.2, 0) is 20.7 Å². The van der Waals surface area contributed by atoms with Gasteiger partial charge in [0.1, 0.15) is 5.75 Å². The van der Waals surface area contributed by atoms with Crippen LogP contribution in [0.5, 0.6) is 5.75 Å². The number of nitrogens with zero attached hydrogens (tertiary/aromatic N) is 2. The second kappa shape index (κ2) is 9.47. The van der Waals surface area contributed by atoms with Crippen LogP contribution in [-0.4, -0.2) is 34.9 Å². The van der Waals surface area contributed by atoms with Gasteiger partial charge < -0.3 is 14.8 Å². The van der Waals surface area contributed by atoms with Crippen LogP contribution in [0.15, 0.2) is 48.5 Å². The first-order valence-corrected chi connectivity index (χ1v) is 10.1. The summed E-state index contributed by atoms with van der Waals surface area (Å²) in [5.74, 6) is -0.375. The van der Waals surface area contributed by atoms with Crippen molar-refractivity contribution in [3.05, 3.63) is 71.0 Å². The van der Waals surface area contributed by atoms with E-state index in [1.165, 1.54) is 7.11 Å². The normalized spacial score (nSPS) is 11.6. The van der Waals surface area contributed by atoms with Crippen LogP contribution in [0.1, 0.15) is 29.4 Å². The first-order valence-electron chi connectivity index (χ1n) is 10.1. The summed E-state index contributed by atoms with van der Waals surface area (Å²) in [5.41, 5.74) is 4.83. The molecule has 1 N–H and O–H groups in total. The van der Waals surface area contributed by atoms with E-state index in [-0.39, 0.29) is 6.42 Å². The zero-order valence-corrected chi connectivity index (χ0v) is 18.4. The first kappa shape index (κ1) is 22.1. The monoisotopic (exact) mass is 421 g/mol. The van der Waals surface area contributed by atoms with E-state index >= 15 is 0 Å². The fourth-order valence-electron chi connectivity index (χ4n) is 3.34. The molecule has 0 bridgehead atoms. The van der Waals surface area contributed by atoms with Crippen LogP contribution in [0.3, 0.4) is 0 Å². The Labute approximate surface area is 182 Å². The minimum atomic E-state index is -0.956. The molecule has 0 saturated carbocycles. The number of aromatic nitrogens is 2. The minimum absolute atomic E-state index is 0.0376. The van der Waals surface area contributed by atoms with Crippen molar-refractivity contribution in [2.75, 3.05) is 12.4 Å². The lowest BCUT2D eigenvalue weighted by Gasteiger charge is -2.16. The minimum Gasteiger partial charge on any atom is -0.495 e. The maximum absolute atomic E-state index is 12.5. The summed E-state index contributed by atoms with van der Waals surface area (Å²) in [7, 11) is 1.53. The Hall–Kier alpha value is -3.61. The Kier molecular flexibility index (Phi) is 6.74. The molecular formula is C24H27N3O4. The van der Waals surface area contributed by atoms with E-state index < -0.39 is 18.0 Å². The summed E-state index contributed by atoms with van der Waals surface area (Å²) >= 11 is 0. The molecule has 0 aliphatic heterocycles. The number of methoxy groups -OCH3 is 1. The molecule has 0 spiro atoms. The molecule has 1 amide bonds. The van der Waals surface area contributed by atoms with Gasteiger partial charge in [0.25, 0.3) is 5.91 Å². The van der Waals surface area contributed by atoms with Crippen molar-refractivity contribution < 1.29 is 19.1 Å². The number of amides is 1. The number of hydrogen-bond donors (Lipinski definition) is 1. The topological polar surface area (TPSA) is 82.4 Å². The molecule has 0 aliphatic carbocycles. The number of ether oxygens (including phenoxy) is 2. The highest BCUT2D eigenvalue weighted by Crippen LogP contribution is 2.25.